The summed E-state index contributed by atoms with van der Waals surface area (Å²) >= 11 is 0. The van der Waals surface area contributed by atoms with Crippen LogP contribution in [-0.2, 0) is 0 Å². The van der Waals surface area contributed by atoms with Crippen LogP contribution in [0.15, 0.2) is 18.3 Å². The number of rotatable bonds is 3. The molecule has 18 heavy (non-hydrogen) atoms. The highest BCUT2D eigenvalue weighted by atomic mass is 16.1. The summed E-state index contributed by atoms with van der Waals surface area (Å²) in [5, 5.41) is 3.04. The van der Waals surface area contributed by atoms with Gasteiger partial charge in [0.1, 0.15) is 5.69 Å². The van der Waals surface area contributed by atoms with Crippen molar-refractivity contribution in [2.45, 2.75) is 45.1 Å². The molecule has 0 aliphatic heterocycles. The number of carbonyl (C=O) groups excluding carboxylic acids is 1. The van der Waals surface area contributed by atoms with Gasteiger partial charge >= 0.3 is 0 Å². The molecule has 1 aromatic rings. The maximum Gasteiger partial charge on any atom is 0.270 e. The Balaban J connectivity index is 1.94. The SMILES string of the molecule is CC(NC(=O)c1cc(N)ccn1)C1CCCCC1. The molecule has 1 unspecified atom stereocenters. The van der Waals surface area contributed by atoms with Crippen LogP contribution < -0.4 is 11.1 Å². The molecule has 0 bridgehead atoms. The fourth-order valence-corrected chi connectivity index (χ4v) is 2.60. The van der Waals surface area contributed by atoms with Crippen molar-refractivity contribution in [3.05, 3.63) is 24.0 Å². The normalized spacial score (nSPS) is 18.3. The van der Waals surface area contributed by atoms with Crippen LogP contribution in [0.25, 0.3) is 0 Å². The number of pyridine rings is 1. The zero-order valence-corrected chi connectivity index (χ0v) is 10.9. The maximum atomic E-state index is 12.0. The first kappa shape index (κ1) is 12.9. The zero-order valence-electron chi connectivity index (χ0n) is 10.9. The largest absolute Gasteiger partial charge is 0.399 e. The molecule has 2 rings (SSSR count). The van der Waals surface area contributed by atoms with Crippen molar-refractivity contribution in [2.75, 3.05) is 5.73 Å². The van der Waals surface area contributed by atoms with Gasteiger partial charge in [0, 0.05) is 17.9 Å². The number of aromatic nitrogens is 1. The molecule has 1 fully saturated rings. The molecule has 1 aliphatic carbocycles. The van der Waals surface area contributed by atoms with Crippen LogP contribution in [0, 0.1) is 5.92 Å². The van der Waals surface area contributed by atoms with Crippen molar-refractivity contribution in [3.63, 3.8) is 0 Å². The molecule has 0 spiro atoms. The number of hydrogen-bond acceptors (Lipinski definition) is 3. The van der Waals surface area contributed by atoms with Crippen molar-refractivity contribution in [2.24, 2.45) is 5.92 Å². The van der Waals surface area contributed by atoms with E-state index >= 15 is 0 Å². The van der Waals surface area contributed by atoms with E-state index in [2.05, 4.69) is 17.2 Å². The summed E-state index contributed by atoms with van der Waals surface area (Å²) in [4.78, 5) is 16.1. The number of hydrogen-bond donors (Lipinski definition) is 2. The maximum absolute atomic E-state index is 12.0. The monoisotopic (exact) mass is 247 g/mol. The van der Waals surface area contributed by atoms with Gasteiger partial charge in [0.15, 0.2) is 0 Å². The summed E-state index contributed by atoms with van der Waals surface area (Å²) in [6.45, 7) is 2.08. The van der Waals surface area contributed by atoms with E-state index in [9.17, 15) is 4.79 Å². The fourth-order valence-electron chi connectivity index (χ4n) is 2.60. The summed E-state index contributed by atoms with van der Waals surface area (Å²) in [6.07, 6.45) is 7.88. The van der Waals surface area contributed by atoms with Crippen LogP contribution in [0.4, 0.5) is 5.69 Å². The molecule has 1 atom stereocenters. The summed E-state index contributed by atoms with van der Waals surface area (Å²) in [5.41, 5.74) is 6.62. The Morgan fingerprint density at radius 1 is 1.44 bits per heavy atom. The summed E-state index contributed by atoms with van der Waals surface area (Å²) < 4.78 is 0. The Labute approximate surface area is 108 Å². The highest BCUT2D eigenvalue weighted by Gasteiger charge is 2.22. The molecule has 1 amide bonds. The highest BCUT2D eigenvalue weighted by Crippen LogP contribution is 2.26. The van der Waals surface area contributed by atoms with Gasteiger partial charge < -0.3 is 11.1 Å². The third-order valence-electron chi connectivity index (χ3n) is 3.73. The number of amides is 1. The lowest BCUT2D eigenvalue weighted by Crippen LogP contribution is -2.39. The number of nitrogens with one attached hydrogen (secondary N) is 1. The van der Waals surface area contributed by atoms with E-state index in [0.717, 1.165) is 0 Å². The molecular weight excluding hydrogens is 226 g/mol. The molecule has 0 radical (unpaired) electrons. The van der Waals surface area contributed by atoms with E-state index in [0.29, 0.717) is 17.3 Å². The average Bonchev–Trinajstić information content (AvgIpc) is 2.39. The van der Waals surface area contributed by atoms with Crippen LogP contribution in [-0.4, -0.2) is 16.9 Å². The van der Waals surface area contributed by atoms with Crippen LogP contribution in [0.3, 0.4) is 0 Å². The van der Waals surface area contributed by atoms with Crippen molar-refractivity contribution in [1.29, 1.82) is 0 Å². The van der Waals surface area contributed by atoms with Gasteiger partial charge in [0.05, 0.1) is 0 Å². The Morgan fingerprint density at radius 2 is 2.17 bits per heavy atom. The van der Waals surface area contributed by atoms with Crippen LogP contribution in [0.2, 0.25) is 0 Å². The van der Waals surface area contributed by atoms with Gasteiger partial charge in [-0.25, -0.2) is 0 Å². The Bertz CT molecular complexity index is 413. The zero-order chi connectivity index (χ0) is 13.0. The molecule has 0 saturated heterocycles. The van der Waals surface area contributed by atoms with E-state index in [4.69, 9.17) is 5.73 Å². The molecule has 4 heteroatoms. The van der Waals surface area contributed by atoms with Crippen molar-refractivity contribution < 1.29 is 4.79 Å². The van der Waals surface area contributed by atoms with Crippen LogP contribution >= 0.6 is 0 Å². The second kappa shape index (κ2) is 5.85. The topological polar surface area (TPSA) is 68.0 Å². The van der Waals surface area contributed by atoms with E-state index in [1.54, 1.807) is 18.3 Å². The predicted octanol–water partition coefficient (Wildman–Crippen LogP) is 2.36. The summed E-state index contributed by atoms with van der Waals surface area (Å²) in [5.74, 6) is 0.476. The minimum atomic E-state index is -0.125. The molecule has 0 aromatic carbocycles. The smallest absolute Gasteiger partial charge is 0.270 e. The van der Waals surface area contributed by atoms with Crippen molar-refractivity contribution in [3.8, 4) is 0 Å². The number of carbonyl (C=O) groups is 1. The van der Waals surface area contributed by atoms with Gasteiger partial charge in [-0.15, -0.1) is 0 Å². The fraction of sp³-hybridized carbons (Fsp3) is 0.571. The highest BCUT2D eigenvalue weighted by molar-refractivity contribution is 5.93. The standard InChI is InChI=1S/C14H21N3O/c1-10(11-5-3-2-4-6-11)17-14(18)13-9-12(15)7-8-16-13/h7-11H,2-6H2,1H3,(H2,15,16)(H,17,18). The third kappa shape index (κ3) is 3.22. The first-order valence-electron chi connectivity index (χ1n) is 6.69. The van der Waals surface area contributed by atoms with E-state index in [-0.39, 0.29) is 11.9 Å². The second-order valence-corrected chi connectivity index (χ2v) is 5.13. The first-order chi connectivity index (χ1) is 8.66. The molecule has 1 heterocycles. The average molecular weight is 247 g/mol. The molecular formula is C14H21N3O. The Kier molecular flexibility index (Phi) is 4.18. The van der Waals surface area contributed by atoms with E-state index in [1.165, 1.54) is 32.1 Å². The quantitative estimate of drug-likeness (QED) is 0.861. The molecule has 3 N–H and O–H groups in total. The third-order valence-corrected chi connectivity index (χ3v) is 3.73. The minimum Gasteiger partial charge on any atom is -0.399 e. The number of nitrogens with zero attached hydrogens (tertiary/aromatic N) is 1. The van der Waals surface area contributed by atoms with Gasteiger partial charge in [-0.1, -0.05) is 19.3 Å². The summed E-state index contributed by atoms with van der Waals surface area (Å²) in [6, 6.07) is 3.51. The van der Waals surface area contributed by atoms with Gasteiger partial charge in [0.2, 0.25) is 0 Å². The van der Waals surface area contributed by atoms with Crippen LogP contribution in [0.1, 0.15) is 49.5 Å². The molecule has 98 valence electrons. The number of nitrogen functional groups attached to an aromatic ring is 1. The Hall–Kier alpha value is -1.58. The van der Waals surface area contributed by atoms with Gasteiger partial charge in [-0.3, -0.25) is 9.78 Å². The van der Waals surface area contributed by atoms with Crippen LogP contribution in [0.5, 0.6) is 0 Å². The van der Waals surface area contributed by atoms with E-state index in [1.807, 2.05) is 0 Å². The lowest BCUT2D eigenvalue weighted by atomic mass is 9.84. The lowest BCUT2D eigenvalue weighted by Gasteiger charge is -2.28. The van der Waals surface area contributed by atoms with Crippen molar-refractivity contribution >= 4 is 11.6 Å². The van der Waals surface area contributed by atoms with Crippen molar-refractivity contribution in [1.82, 2.24) is 10.3 Å². The lowest BCUT2D eigenvalue weighted by molar-refractivity contribution is 0.0914. The number of anilines is 1. The number of nitrogens with two attached hydrogens (primary N) is 1. The molecule has 1 saturated carbocycles. The van der Waals surface area contributed by atoms with Gasteiger partial charge in [-0.2, -0.15) is 0 Å². The second-order valence-electron chi connectivity index (χ2n) is 5.13. The minimum absolute atomic E-state index is 0.125. The Morgan fingerprint density at radius 3 is 2.83 bits per heavy atom. The predicted molar refractivity (Wildman–Crippen MR) is 72.2 cm³/mol. The first-order valence-corrected chi connectivity index (χ1v) is 6.69. The van der Waals surface area contributed by atoms with E-state index < -0.39 is 0 Å². The molecule has 1 aromatic heterocycles. The molecule has 1 aliphatic rings. The van der Waals surface area contributed by atoms with Gasteiger partial charge in [0.25, 0.3) is 5.91 Å². The summed E-state index contributed by atoms with van der Waals surface area (Å²) in [7, 11) is 0. The molecule has 4 nitrogen and oxygen atoms in total. The van der Waals surface area contributed by atoms with Gasteiger partial charge in [-0.05, 0) is 37.8 Å².